The zero-order chi connectivity index (χ0) is 22.9. The molecule has 0 aliphatic heterocycles. The van der Waals surface area contributed by atoms with Gasteiger partial charge in [-0.2, -0.15) is 0 Å². The van der Waals surface area contributed by atoms with Crippen molar-refractivity contribution in [2.45, 2.75) is 19.4 Å². The summed E-state index contributed by atoms with van der Waals surface area (Å²) in [6.07, 6.45) is -0.0337. The number of carbonyl (C=O) groups excluding carboxylic acids is 3. The molecule has 1 N–H and O–H groups in total. The number of ketones is 1. The summed E-state index contributed by atoms with van der Waals surface area (Å²) in [5, 5.41) is 4.70. The number of ether oxygens (including phenoxy) is 2. The second kappa shape index (κ2) is 11.2. The maximum Gasteiger partial charge on any atom is 0.309 e. The molecule has 1 aromatic heterocycles. The number of hydrogen-bond acceptors (Lipinski definition) is 6. The zero-order valence-electron chi connectivity index (χ0n) is 17.4. The van der Waals surface area contributed by atoms with Crippen molar-refractivity contribution >= 4 is 29.0 Å². The van der Waals surface area contributed by atoms with Crippen LogP contribution in [0, 0.1) is 5.82 Å². The van der Waals surface area contributed by atoms with Gasteiger partial charge in [-0.15, -0.1) is 11.3 Å². The first-order valence-corrected chi connectivity index (χ1v) is 10.8. The maximum absolute atomic E-state index is 13.3. The van der Waals surface area contributed by atoms with E-state index in [9.17, 15) is 18.8 Å². The second-order valence-corrected chi connectivity index (χ2v) is 7.89. The normalized spacial score (nSPS) is 11.4. The van der Waals surface area contributed by atoms with Crippen LogP contribution in [0.25, 0.3) is 0 Å². The van der Waals surface area contributed by atoms with E-state index < -0.39 is 24.5 Å². The molecule has 0 saturated heterocycles. The monoisotopic (exact) mass is 455 g/mol. The van der Waals surface area contributed by atoms with Crippen LogP contribution in [0.3, 0.4) is 0 Å². The maximum atomic E-state index is 13.3. The van der Waals surface area contributed by atoms with Crippen molar-refractivity contribution in [3.8, 4) is 5.75 Å². The molecule has 6 nitrogen and oxygen atoms in total. The number of amides is 1. The number of halogens is 1. The second-order valence-electron chi connectivity index (χ2n) is 6.91. The summed E-state index contributed by atoms with van der Waals surface area (Å²) in [5.74, 6) is -0.925. The first-order valence-electron chi connectivity index (χ1n) is 9.90. The fourth-order valence-corrected chi connectivity index (χ4v) is 3.69. The molecule has 8 heteroatoms. The molecule has 0 bridgehead atoms. The predicted octanol–water partition coefficient (Wildman–Crippen LogP) is 4.31. The van der Waals surface area contributed by atoms with Gasteiger partial charge in [0.25, 0.3) is 5.91 Å². The predicted molar refractivity (Wildman–Crippen MR) is 118 cm³/mol. The van der Waals surface area contributed by atoms with Gasteiger partial charge in [0.2, 0.25) is 0 Å². The van der Waals surface area contributed by atoms with E-state index in [2.05, 4.69) is 5.32 Å². The first kappa shape index (κ1) is 23.1. The Morgan fingerprint density at radius 2 is 1.75 bits per heavy atom. The van der Waals surface area contributed by atoms with Crippen LogP contribution in [0.4, 0.5) is 4.39 Å². The molecule has 1 atom stereocenters. The lowest BCUT2D eigenvalue weighted by Gasteiger charge is -2.18. The van der Waals surface area contributed by atoms with E-state index >= 15 is 0 Å². The Labute approximate surface area is 189 Å². The highest BCUT2D eigenvalue weighted by Crippen LogP contribution is 2.26. The summed E-state index contributed by atoms with van der Waals surface area (Å²) < 4.78 is 23.7. The highest BCUT2D eigenvalue weighted by Gasteiger charge is 2.19. The molecule has 0 fully saturated rings. The number of nitrogens with one attached hydrogen (secondary N) is 1. The molecule has 0 spiro atoms. The summed E-state index contributed by atoms with van der Waals surface area (Å²) in [7, 11) is 0. The van der Waals surface area contributed by atoms with E-state index in [1.807, 2.05) is 17.5 Å². The van der Waals surface area contributed by atoms with Crippen molar-refractivity contribution in [1.29, 1.82) is 0 Å². The zero-order valence-corrected chi connectivity index (χ0v) is 18.2. The van der Waals surface area contributed by atoms with Crippen molar-refractivity contribution < 1.29 is 28.2 Å². The minimum atomic E-state index is -0.574. The van der Waals surface area contributed by atoms with Gasteiger partial charge in [0.05, 0.1) is 19.1 Å². The lowest BCUT2D eigenvalue weighted by atomic mass is 10.1. The average molecular weight is 456 g/mol. The van der Waals surface area contributed by atoms with Gasteiger partial charge in [-0.3, -0.25) is 14.4 Å². The van der Waals surface area contributed by atoms with Gasteiger partial charge in [0.1, 0.15) is 11.6 Å². The van der Waals surface area contributed by atoms with Crippen LogP contribution in [0.2, 0.25) is 0 Å². The molecule has 1 amide bonds. The lowest BCUT2D eigenvalue weighted by Crippen LogP contribution is -2.32. The molecule has 3 rings (SSSR count). The highest BCUT2D eigenvalue weighted by molar-refractivity contribution is 7.10. The topological polar surface area (TPSA) is 81.7 Å². The summed E-state index contributed by atoms with van der Waals surface area (Å²) >= 11 is 1.46. The smallest absolute Gasteiger partial charge is 0.309 e. The molecule has 0 aliphatic carbocycles. The SMILES string of the molecule is CC(=O)c1ccc(OCCC(=O)OCC(=O)NC(c2ccc(F)cc2)c2cccs2)cc1. The molecule has 166 valence electrons. The minimum absolute atomic E-state index is 0.0337. The van der Waals surface area contributed by atoms with Gasteiger partial charge in [0.15, 0.2) is 12.4 Å². The molecule has 0 radical (unpaired) electrons. The van der Waals surface area contributed by atoms with E-state index in [-0.39, 0.29) is 24.6 Å². The Bertz CT molecular complexity index is 1050. The summed E-state index contributed by atoms with van der Waals surface area (Å²) in [6.45, 7) is 1.12. The third kappa shape index (κ3) is 6.75. The van der Waals surface area contributed by atoms with Crippen LogP contribution in [0.1, 0.15) is 40.2 Å². The molecule has 0 aliphatic rings. The molecule has 0 saturated carbocycles. The van der Waals surface area contributed by atoms with Crippen LogP contribution in [0.5, 0.6) is 5.75 Å². The number of Topliss-reactive ketones (excluding diaryl/α,β-unsaturated/α-hetero) is 1. The number of esters is 1. The highest BCUT2D eigenvalue weighted by atomic mass is 32.1. The standard InChI is InChI=1S/C24H22FNO5S/c1-16(27)17-6-10-20(11-7-17)30-13-12-23(29)31-15-22(28)26-24(21-3-2-14-32-21)18-4-8-19(25)9-5-18/h2-11,14,24H,12-13,15H2,1H3,(H,26,28). The van der Waals surface area contributed by atoms with E-state index in [4.69, 9.17) is 9.47 Å². The van der Waals surface area contributed by atoms with E-state index in [0.717, 1.165) is 10.4 Å². The van der Waals surface area contributed by atoms with E-state index in [1.165, 1.54) is 30.4 Å². The van der Waals surface area contributed by atoms with Crippen LogP contribution in [-0.4, -0.2) is 30.9 Å². The molecule has 32 heavy (non-hydrogen) atoms. The van der Waals surface area contributed by atoms with Crippen molar-refractivity contribution in [1.82, 2.24) is 5.32 Å². The van der Waals surface area contributed by atoms with E-state index in [0.29, 0.717) is 11.3 Å². The Kier molecular flexibility index (Phi) is 8.10. The van der Waals surface area contributed by atoms with Crippen molar-refractivity contribution in [3.05, 3.63) is 87.9 Å². The summed E-state index contributed by atoms with van der Waals surface area (Å²) in [4.78, 5) is 36.4. The fraction of sp³-hybridized carbons (Fsp3) is 0.208. The minimum Gasteiger partial charge on any atom is -0.493 e. The van der Waals surface area contributed by atoms with Gasteiger partial charge in [-0.25, -0.2) is 4.39 Å². The number of carbonyl (C=O) groups is 3. The molecular weight excluding hydrogens is 433 g/mol. The fourth-order valence-electron chi connectivity index (χ4n) is 2.89. The molecular formula is C24H22FNO5S. The van der Waals surface area contributed by atoms with Crippen molar-refractivity contribution in [3.63, 3.8) is 0 Å². The lowest BCUT2D eigenvalue weighted by molar-refractivity contribution is -0.149. The van der Waals surface area contributed by atoms with Crippen LogP contribution >= 0.6 is 11.3 Å². The van der Waals surface area contributed by atoms with Crippen molar-refractivity contribution in [2.75, 3.05) is 13.2 Å². The summed E-state index contributed by atoms with van der Waals surface area (Å²) in [6, 6.07) is 15.7. The first-order chi connectivity index (χ1) is 15.4. The van der Waals surface area contributed by atoms with Gasteiger partial charge in [-0.1, -0.05) is 18.2 Å². The quantitative estimate of drug-likeness (QED) is 0.364. The number of rotatable bonds is 10. The molecule has 1 heterocycles. The Morgan fingerprint density at radius 3 is 2.38 bits per heavy atom. The van der Waals surface area contributed by atoms with Crippen LogP contribution in [-0.2, 0) is 14.3 Å². The third-order valence-electron chi connectivity index (χ3n) is 4.54. The van der Waals surface area contributed by atoms with Gasteiger partial charge in [-0.05, 0) is 60.3 Å². The Hall–Kier alpha value is -3.52. The van der Waals surface area contributed by atoms with Crippen LogP contribution < -0.4 is 10.1 Å². The Balaban J connectivity index is 1.45. The molecule has 2 aromatic carbocycles. The largest absolute Gasteiger partial charge is 0.493 e. The molecule has 1 unspecified atom stereocenters. The number of benzene rings is 2. The number of hydrogen-bond donors (Lipinski definition) is 1. The van der Waals surface area contributed by atoms with Crippen LogP contribution in [0.15, 0.2) is 66.0 Å². The summed E-state index contributed by atoms with van der Waals surface area (Å²) in [5.41, 5.74) is 1.29. The van der Waals surface area contributed by atoms with Gasteiger partial charge in [0, 0.05) is 10.4 Å². The Morgan fingerprint density at radius 1 is 1.03 bits per heavy atom. The third-order valence-corrected chi connectivity index (χ3v) is 5.47. The van der Waals surface area contributed by atoms with Gasteiger partial charge < -0.3 is 14.8 Å². The number of thiophene rings is 1. The van der Waals surface area contributed by atoms with E-state index in [1.54, 1.807) is 36.4 Å². The van der Waals surface area contributed by atoms with Crippen molar-refractivity contribution in [2.24, 2.45) is 0 Å². The average Bonchev–Trinajstić information content (AvgIpc) is 3.32. The molecule has 3 aromatic rings. The van der Waals surface area contributed by atoms with Gasteiger partial charge >= 0.3 is 5.97 Å².